The molecule has 1 amide bonds. The third kappa shape index (κ3) is 2.70. The molecule has 1 aliphatic carbocycles. The van der Waals surface area contributed by atoms with Gasteiger partial charge in [0.05, 0.1) is 16.7 Å². The van der Waals surface area contributed by atoms with Crippen molar-refractivity contribution in [3.63, 3.8) is 0 Å². The Balaban J connectivity index is 2.02. The fraction of sp³-hybridized carbons (Fsp3) is 0.417. The lowest BCUT2D eigenvalue weighted by molar-refractivity contribution is 0.0328. The van der Waals surface area contributed by atoms with Crippen LogP contribution < -0.4 is 11.1 Å². The molecule has 92 valence electrons. The van der Waals surface area contributed by atoms with Gasteiger partial charge in [0.2, 0.25) is 5.91 Å². The molecule has 0 aromatic heterocycles. The minimum Gasteiger partial charge on any atom is -0.382 e. The second-order valence-corrected chi connectivity index (χ2v) is 4.64. The first-order valence-corrected chi connectivity index (χ1v) is 5.86. The van der Waals surface area contributed by atoms with Crippen LogP contribution in [0.3, 0.4) is 0 Å². The minimum atomic E-state index is -0.512. The number of hydrogen-bond acceptors (Lipinski definition) is 3. The van der Waals surface area contributed by atoms with Gasteiger partial charge in [-0.25, -0.2) is 0 Å². The number of amides is 1. The highest BCUT2D eigenvalue weighted by Gasteiger charge is 2.28. The summed E-state index contributed by atoms with van der Waals surface area (Å²) in [5.74, 6) is -0.512. The van der Waals surface area contributed by atoms with Crippen molar-refractivity contribution in [2.75, 3.05) is 12.4 Å². The number of nitrogens with two attached hydrogens (primary N) is 1. The smallest absolute Gasteiger partial charge is 0.250 e. The summed E-state index contributed by atoms with van der Waals surface area (Å²) < 4.78 is 5.20. The van der Waals surface area contributed by atoms with Gasteiger partial charge in [0.1, 0.15) is 0 Å². The predicted molar refractivity (Wildman–Crippen MR) is 67.4 cm³/mol. The lowest BCUT2D eigenvalue weighted by atomic mass is 9.89. The number of methoxy groups -OCH3 is 1. The van der Waals surface area contributed by atoms with Gasteiger partial charge in [-0.1, -0.05) is 11.6 Å². The van der Waals surface area contributed by atoms with E-state index in [-0.39, 0.29) is 0 Å². The van der Waals surface area contributed by atoms with Gasteiger partial charge in [0, 0.05) is 18.8 Å². The van der Waals surface area contributed by atoms with Crippen molar-refractivity contribution < 1.29 is 9.53 Å². The number of rotatable bonds is 4. The molecule has 17 heavy (non-hydrogen) atoms. The Labute approximate surface area is 105 Å². The van der Waals surface area contributed by atoms with Crippen LogP contribution in [0.25, 0.3) is 0 Å². The lowest BCUT2D eigenvalue weighted by Gasteiger charge is -2.35. The molecule has 0 radical (unpaired) electrons. The zero-order chi connectivity index (χ0) is 12.4. The summed E-state index contributed by atoms with van der Waals surface area (Å²) in [6.07, 6.45) is 2.30. The van der Waals surface area contributed by atoms with Crippen LogP contribution in [0.15, 0.2) is 18.2 Å². The number of ether oxygens (including phenoxy) is 1. The molecule has 1 saturated carbocycles. The van der Waals surface area contributed by atoms with Crippen LogP contribution in [-0.4, -0.2) is 25.2 Å². The first-order valence-electron chi connectivity index (χ1n) is 5.49. The molecule has 2 rings (SSSR count). The van der Waals surface area contributed by atoms with Crippen molar-refractivity contribution >= 4 is 23.2 Å². The first-order chi connectivity index (χ1) is 8.10. The van der Waals surface area contributed by atoms with Gasteiger partial charge < -0.3 is 15.8 Å². The summed E-state index contributed by atoms with van der Waals surface area (Å²) in [5.41, 5.74) is 6.44. The molecular weight excluding hydrogens is 240 g/mol. The van der Waals surface area contributed by atoms with Crippen LogP contribution in [-0.2, 0) is 4.74 Å². The number of anilines is 1. The number of carbonyl (C=O) groups excluding carboxylic acids is 1. The van der Waals surface area contributed by atoms with Crippen LogP contribution in [0.5, 0.6) is 0 Å². The second-order valence-electron chi connectivity index (χ2n) is 4.23. The Morgan fingerprint density at radius 2 is 2.24 bits per heavy atom. The largest absolute Gasteiger partial charge is 0.382 e. The summed E-state index contributed by atoms with van der Waals surface area (Å²) in [4.78, 5) is 11.1. The Morgan fingerprint density at radius 1 is 1.53 bits per heavy atom. The highest BCUT2D eigenvalue weighted by molar-refractivity contribution is 6.33. The Bertz CT molecular complexity index is 431. The van der Waals surface area contributed by atoms with E-state index in [9.17, 15) is 4.79 Å². The molecular formula is C12H15ClN2O2. The van der Waals surface area contributed by atoms with Crippen LogP contribution in [0.4, 0.5) is 5.69 Å². The van der Waals surface area contributed by atoms with Crippen LogP contribution in [0, 0.1) is 0 Å². The van der Waals surface area contributed by atoms with E-state index in [1.807, 2.05) is 6.07 Å². The van der Waals surface area contributed by atoms with Gasteiger partial charge in [-0.2, -0.15) is 0 Å². The molecule has 0 saturated heterocycles. The van der Waals surface area contributed by atoms with Crippen molar-refractivity contribution in [3.8, 4) is 0 Å². The van der Waals surface area contributed by atoms with Crippen LogP contribution in [0.2, 0.25) is 5.02 Å². The van der Waals surface area contributed by atoms with Crippen molar-refractivity contribution in [2.24, 2.45) is 5.73 Å². The molecule has 0 bridgehead atoms. The monoisotopic (exact) mass is 254 g/mol. The van der Waals surface area contributed by atoms with Crippen LogP contribution in [0.1, 0.15) is 23.2 Å². The van der Waals surface area contributed by atoms with E-state index >= 15 is 0 Å². The van der Waals surface area contributed by atoms with E-state index < -0.39 is 5.91 Å². The summed E-state index contributed by atoms with van der Waals surface area (Å²) in [6.45, 7) is 0. The number of halogens is 1. The molecule has 1 aliphatic rings. The molecule has 4 nitrogen and oxygen atoms in total. The number of benzene rings is 1. The standard InChI is InChI=1S/C12H15ClN2O2/c1-17-9-4-8(5-9)15-7-2-3-11(13)10(6-7)12(14)16/h2-3,6,8-9,15H,4-5H2,1H3,(H2,14,16). The maximum atomic E-state index is 11.1. The molecule has 0 unspecified atom stereocenters. The van der Waals surface area contributed by atoms with Gasteiger partial charge in [0.25, 0.3) is 0 Å². The topological polar surface area (TPSA) is 64.3 Å². The Hall–Kier alpha value is -1.26. The van der Waals surface area contributed by atoms with Gasteiger partial charge in [-0.3, -0.25) is 4.79 Å². The Kier molecular flexibility index (Phi) is 3.54. The third-order valence-corrected chi connectivity index (χ3v) is 3.36. The average molecular weight is 255 g/mol. The van der Waals surface area contributed by atoms with Crippen LogP contribution >= 0.6 is 11.6 Å². The van der Waals surface area contributed by atoms with E-state index in [0.717, 1.165) is 18.5 Å². The molecule has 1 fully saturated rings. The summed E-state index contributed by atoms with van der Waals surface area (Å²) in [6, 6.07) is 5.60. The molecule has 1 aromatic carbocycles. The number of primary amides is 1. The SMILES string of the molecule is COC1CC(Nc2ccc(Cl)c(C(N)=O)c2)C1. The van der Waals surface area contributed by atoms with Crippen molar-refractivity contribution in [3.05, 3.63) is 28.8 Å². The molecule has 0 spiro atoms. The molecule has 0 atom stereocenters. The van der Waals surface area contributed by atoms with Crippen molar-refractivity contribution in [1.29, 1.82) is 0 Å². The zero-order valence-corrected chi connectivity index (χ0v) is 10.3. The number of carbonyl (C=O) groups is 1. The molecule has 1 aromatic rings. The molecule has 0 aliphatic heterocycles. The normalized spacial score (nSPS) is 22.9. The Morgan fingerprint density at radius 3 is 2.82 bits per heavy atom. The minimum absolute atomic E-state index is 0.343. The summed E-state index contributed by atoms with van der Waals surface area (Å²) in [5, 5.41) is 3.70. The number of nitrogens with one attached hydrogen (secondary N) is 1. The number of hydrogen-bond donors (Lipinski definition) is 2. The lowest BCUT2D eigenvalue weighted by Crippen LogP contribution is -2.40. The average Bonchev–Trinajstić information content (AvgIpc) is 2.24. The quantitative estimate of drug-likeness (QED) is 0.864. The maximum Gasteiger partial charge on any atom is 0.250 e. The van der Waals surface area contributed by atoms with Crippen molar-refractivity contribution in [1.82, 2.24) is 0 Å². The highest BCUT2D eigenvalue weighted by atomic mass is 35.5. The van der Waals surface area contributed by atoms with E-state index in [1.54, 1.807) is 19.2 Å². The summed E-state index contributed by atoms with van der Waals surface area (Å²) in [7, 11) is 1.72. The fourth-order valence-corrected chi connectivity index (χ4v) is 2.13. The van der Waals surface area contributed by atoms with E-state index in [2.05, 4.69) is 5.32 Å². The summed E-state index contributed by atoms with van der Waals surface area (Å²) >= 11 is 5.87. The van der Waals surface area contributed by atoms with Gasteiger partial charge in [0.15, 0.2) is 0 Å². The fourth-order valence-electron chi connectivity index (χ4n) is 1.92. The molecule has 3 N–H and O–H groups in total. The second kappa shape index (κ2) is 4.94. The van der Waals surface area contributed by atoms with E-state index in [4.69, 9.17) is 22.1 Å². The third-order valence-electron chi connectivity index (χ3n) is 3.03. The first kappa shape index (κ1) is 12.2. The van der Waals surface area contributed by atoms with E-state index in [0.29, 0.717) is 22.7 Å². The molecule has 5 heteroatoms. The predicted octanol–water partition coefficient (Wildman–Crippen LogP) is 2.03. The van der Waals surface area contributed by atoms with Gasteiger partial charge in [-0.05, 0) is 31.0 Å². The van der Waals surface area contributed by atoms with Crippen molar-refractivity contribution in [2.45, 2.75) is 25.0 Å². The van der Waals surface area contributed by atoms with E-state index in [1.165, 1.54) is 0 Å². The zero-order valence-electron chi connectivity index (χ0n) is 9.57. The van der Waals surface area contributed by atoms with Gasteiger partial charge in [-0.15, -0.1) is 0 Å². The highest BCUT2D eigenvalue weighted by Crippen LogP contribution is 2.28. The van der Waals surface area contributed by atoms with Gasteiger partial charge >= 0.3 is 0 Å². The maximum absolute atomic E-state index is 11.1. The molecule has 0 heterocycles.